The van der Waals surface area contributed by atoms with E-state index in [-0.39, 0.29) is 22.7 Å². The van der Waals surface area contributed by atoms with E-state index in [1.807, 2.05) is 0 Å². The van der Waals surface area contributed by atoms with Crippen LogP contribution in [-0.4, -0.2) is 19.7 Å². The third-order valence-corrected chi connectivity index (χ3v) is 4.67. The molecule has 0 aliphatic heterocycles. The van der Waals surface area contributed by atoms with Gasteiger partial charge in [0.05, 0.1) is 7.11 Å². The van der Waals surface area contributed by atoms with Crippen LogP contribution in [0.2, 0.25) is 5.02 Å². The number of benzene rings is 2. The summed E-state index contributed by atoms with van der Waals surface area (Å²) in [5.74, 6) is -9.81. The average Bonchev–Trinajstić information content (AvgIpc) is 2.65. The highest BCUT2D eigenvalue weighted by Gasteiger charge is 2.62. The molecule has 1 aliphatic carbocycles. The Balaban J connectivity index is 2.27. The van der Waals surface area contributed by atoms with Gasteiger partial charge < -0.3 is 10.1 Å². The summed E-state index contributed by atoms with van der Waals surface area (Å²) in [5, 5.41) is 2.52. The van der Waals surface area contributed by atoms with Crippen molar-refractivity contribution in [2.75, 3.05) is 13.7 Å². The summed E-state index contributed by atoms with van der Waals surface area (Å²) in [4.78, 5) is 11.4. The summed E-state index contributed by atoms with van der Waals surface area (Å²) in [7, 11) is 1.14. The minimum atomic E-state index is -4.44. The Bertz CT molecular complexity index is 857. The van der Waals surface area contributed by atoms with E-state index in [0.717, 1.165) is 25.3 Å². The third-order valence-electron chi connectivity index (χ3n) is 4.43. The highest BCUT2D eigenvalue weighted by molar-refractivity contribution is 6.30. The molecule has 3 nitrogen and oxygen atoms in total. The number of hydrogen-bond donors (Lipinski definition) is 1. The van der Waals surface area contributed by atoms with Crippen molar-refractivity contribution in [3.8, 4) is 0 Å². The van der Waals surface area contributed by atoms with Crippen molar-refractivity contribution in [2.24, 2.45) is 0 Å². The standard InChI is InChI=1S/C18H14ClF4NO2/c1-26-16(25)24-9-13-11-4-2-3-5-14(11)17(20,21)18(22,23)15-7-6-10(19)8-12(13)15/h2-8,13H,9H2,1H3,(H,24,25). The zero-order valence-corrected chi connectivity index (χ0v) is 14.3. The summed E-state index contributed by atoms with van der Waals surface area (Å²) in [6.07, 6.45) is -0.797. The van der Waals surface area contributed by atoms with Crippen LogP contribution in [0.25, 0.3) is 0 Å². The van der Waals surface area contributed by atoms with Crippen LogP contribution in [0, 0.1) is 0 Å². The van der Waals surface area contributed by atoms with Crippen LogP contribution in [0.3, 0.4) is 0 Å². The average molecular weight is 388 g/mol. The molecule has 0 saturated carbocycles. The Hall–Kier alpha value is -2.28. The lowest BCUT2D eigenvalue weighted by Gasteiger charge is -2.27. The molecule has 1 unspecified atom stereocenters. The number of fused-ring (bicyclic) bond motifs is 2. The molecule has 26 heavy (non-hydrogen) atoms. The summed E-state index contributed by atoms with van der Waals surface area (Å²) in [5.41, 5.74) is -1.67. The maximum Gasteiger partial charge on any atom is 0.406 e. The first-order valence-electron chi connectivity index (χ1n) is 7.67. The van der Waals surface area contributed by atoms with Crippen molar-refractivity contribution in [2.45, 2.75) is 17.8 Å². The topological polar surface area (TPSA) is 38.3 Å². The molecular weight excluding hydrogens is 374 g/mol. The quantitative estimate of drug-likeness (QED) is 0.734. The van der Waals surface area contributed by atoms with Crippen molar-refractivity contribution < 1.29 is 27.1 Å². The van der Waals surface area contributed by atoms with E-state index in [1.54, 1.807) is 0 Å². The Morgan fingerprint density at radius 3 is 2.35 bits per heavy atom. The molecule has 3 rings (SSSR count). The molecule has 1 amide bonds. The summed E-state index contributed by atoms with van der Waals surface area (Å²) in [6.45, 7) is -0.205. The summed E-state index contributed by atoms with van der Waals surface area (Å²) >= 11 is 5.93. The first kappa shape index (κ1) is 18.5. The molecule has 0 heterocycles. The van der Waals surface area contributed by atoms with Crippen molar-refractivity contribution in [3.63, 3.8) is 0 Å². The monoisotopic (exact) mass is 387 g/mol. The highest BCUT2D eigenvalue weighted by Crippen LogP contribution is 2.56. The lowest BCUT2D eigenvalue weighted by atomic mass is 9.88. The van der Waals surface area contributed by atoms with Gasteiger partial charge in [-0.15, -0.1) is 0 Å². The zero-order valence-electron chi connectivity index (χ0n) is 13.5. The molecule has 0 radical (unpaired) electrons. The number of carbonyl (C=O) groups excluding carboxylic acids is 1. The van der Waals surface area contributed by atoms with Gasteiger partial charge >= 0.3 is 17.9 Å². The van der Waals surface area contributed by atoms with Gasteiger partial charge in [-0.25, -0.2) is 4.79 Å². The number of alkyl halides is 4. The lowest BCUT2D eigenvalue weighted by molar-refractivity contribution is -0.223. The van der Waals surface area contributed by atoms with Crippen LogP contribution < -0.4 is 5.32 Å². The normalized spacial score (nSPS) is 19.7. The van der Waals surface area contributed by atoms with E-state index in [1.165, 1.54) is 24.3 Å². The van der Waals surface area contributed by atoms with Crippen molar-refractivity contribution in [1.29, 1.82) is 0 Å². The Morgan fingerprint density at radius 2 is 1.69 bits per heavy atom. The number of alkyl carbamates (subject to hydrolysis) is 1. The molecule has 2 aromatic rings. The first-order chi connectivity index (χ1) is 12.2. The number of halogens is 5. The second kappa shape index (κ2) is 6.46. The van der Waals surface area contributed by atoms with Crippen LogP contribution in [0.5, 0.6) is 0 Å². The highest BCUT2D eigenvalue weighted by atomic mass is 35.5. The molecule has 138 valence electrons. The molecule has 1 N–H and O–H groups in total. The van der Waals surface area contributed by atoms with E-state index < -0.39 is 35.0 Å². The molecule has 0 spiro atoms. The molecular formula is C18H14ClF4NO2. The van der Waals surface area contributed by atoms with Gasteiger partial charge in [0.2, 0.25) is 0 Å². The number of methoxy groups -OCH3 is 1. The smallest absolute Gasteiger partial charge is 0.406 e. The predicted octanol–water partition coefficient (Wildman–Crippen LogP) is 5.03. The van der Waals surface area contributed by atoms with Gasteiger partial charge in [0, 0.05) is 28.6 Å². The predicted molar refractivity (Wildman–Crippen MR) is 87.9 cm³/mol. The van der Waals surface area contributed by atoms with E-state index in [4.69, 9.17) is 11.6 Å². The fraction of sp³-hybridized carbons (Fsp3) is 0.278. The minimum absolute atomic E-state index is 0.00500. The summed E-state index contributed by atoms with van der Waals surface area (Å²) in [6, 6.07) is 8.35. The number of carbonyl (C=O) groups is 1. The second-order valence-corrected chi connectivity index (χ2v) is 6.33. The molecule has 2 aromatic carbocycles. The van der Waals surface area contributed by atoms with Crippen molar-refractivity contribution in [3.05, 3.63) is 69.7 Å². The summed E-state index contributed by atoms with van der Waals surface area (Å²) < 4.78 is 63.6. The fourth-order valence-electron chi connectivity index (χ4n) is 3.18. The van der Waals surface area contributed by atoms with Crippen molar-refractivity contribution >= 4 is 17.7 Å². The molecule has 8 heteroatoms. The van der Waals surface area contributed by atoms with Crippen LogP contribution in [-0.2, 0) is 16.6 Å². The van der Waals surface area contributed by atoms with E-state index in [9.17, 15) is 22.4 Å². The van der Waals surface area contributed by atoms with Gasteiger partial charge in [-0.3, -0.25) is 0 Å². The van der Waals surface area contributed by atoms with Gasteiger partial charge in [0.1, 0.15) is 0 Å². The van der Waals surface area contributed by atoms with Crippen LogP contribution in [0.1, 0.15) is 28.2 Å². The molecule has 0 saturated heterocycles. The maximum absolute atomic E-state index is 14.8. The molecule has 0 bridgehead atoms. The van der Waals surface area contributed by atoms with E-state index in [0.29, 0.717) is 0 Å². The van der Waals surface area contributed by atoms with Crippen LogP contribution in [0.15, 0.2) is 42.5 Å². The Kier molecular flexibility index (Phi) is 4.60. The first-order valence-corrected chi connectivity index (χ1v) is 8.04. The third kappa shape index (κ3) is 2.80. The van der Waals surface area contributed by atoms with Gasteiger partial charge in [-0.1, -0.05) is 41.9 Å². The lowest BCUT2D eigenvalue weighted by Crippen LogP contribution is -2.35. The molecule has 1 atom stereocenters. The van der Waals surface area contributed by atoms with Gasteiger partial charge in [0.25, 0.3) is 0 Å². The number of ether oxygens (including phenoxy) is 1. The molecule has 1 aliphatic rings. The second-order valence-electron chi connectivity index (χ2n) is 5.89. The number of nitrogens with one attached hydrogen (secondary N) is 1. The van der Waals surface area contributed by atoms with E-state index in [2.05, 4.69) is 10.1 Å². The number of amides is 1. The van der Waals surface area contributed by atoms with E-state index >= 15 is 0 Å². The van der Waals surface area contributed by atoms with Crippen molar-refractivity contribution in [1.82, 2.24) is 5.32 Å². The SMILES string of the molecule is COC(=O)NCC1c2ccccc2C(F)(F)C(F)(F)c2ccc(Cl)cc21. The Morgan fingerprint density at radius 1 is 1.08 bits per heavy atom. The fourth-order valence-corrected chi connectivity index (χ4v) is 3.36. The van der Waals surface area contributed by atoms with Gasteiger partial charge in [-0.05, 0) is 23.3 Å². The number of hydrogen-bond acceptors (Lipinski definition) is 2. The van der Waals surface area contributed by atoms with Gasteiger partial charge in [0.15, 0.2) is 0 Å². The van der Waals surface area contributed by atoms with Crippen LogP contribution in [0.4, 0.5) is 22.4 Å². The largest absolute Gasteiger partial charge is 0.453 e. The maximum atomic E-state index is 14.8. The minimum Gasteiger partial charge on any atom is -0.453 e. The van der Waals surface area contributed by atoms with Crippen LogP contribution >= 0.6 is 11.6 Å². The Labute approximate surface area is 151 Å². The number of rotatable bonds is 2. The zero-order chi connectivity index (χ0) is 19.1. The molecule has 0 fully saturated rings. The molecule has 0 aromatic heterocycles. The van der Waals surface area contributed by atoms with Gasteiger partial charge in [-0.2, -0.15) is 17.6 Å².